The van der Waals surface area contributed by atoms with Gasteiger partial charge in [0.25, 0.3) is 10.0 Å². The van der Waals surface area contributed by atoms with Gasteiger partial charge in [-0.25, -0.2) is 8.42 Å². The molecule has 3 aromatic rings. The fourth-order valence-corrected chi connectivity index (χ4v) is 4.91. The molecule has 0 saturated heterocycles. The Morgan fingerprint density at radius 3 is 2.33 bits per heavy atom. The van der Waals surface area contributed by atoms with Crippen LogP contribution in [0.5, 0.6) is 5.75 Å². The van der Waals surface area contributed by atoms with Crippen molar-refractivity contribution in [2.24, 2.45) is 0 Å². The lowest BCUT2D eigenvalue weighted by Crippen LogP contribution is -2.41. The Bertz CT molecular complexity index is 1150. The second-order valence-corrected chi connectivity index (χ2v) is 9.59. The van der Waals surface area contributed by atoms with Crippen LogP contribution in [0.2, 0.25) is 5.02 Å². The van der Waals surface area contributed by atoms with Crippen molar-refractivity contribution in [3.63, 3.8) is 0 Å². The average Bonchev–Trinajstić information content (AvgIpc) is 2.82. The number of aryl methyl sites for hydroxylation is 1. The molecule has 33 heavy (non-hydrogen) atoms. The third-order valence-electron chi connectivity index (χ3n) is 4.95. The first-order valence-corrected chi connectivity index (χ1v) is 12.5. The van der Waals surface area contributed by atoms with Gasteiger partial charge in [0, 0.05) is 11.6 Å². The maximum Gasteiger partial charge on any atom is 0.264 e. The largest absolute Gasteiger partial charge is 0.494 e. The van der Waals surface area contributed by atoms with Crippen molar-refractivity contribution < 1.29 is 17.9 Å². The van der Waals surface area contributed by atoms with Crippen LogP contribution in [0.25, 0.3) is 0 Å². The normalized spacial score (nSPS) is 11.1. The number of nitrogens with one attached hydrogen (secondary N) is 1. The molecule has 0 unspecified atom stereocenters. The predicted octanol–water partition coefficient (Wildman–Crippen LogP) is 4.68. The first-order valence-electron chi connectivity index (χ1n) is 10.7. The predicted molar refractivity (Wildman–Crippen MR) is 131 cm³/mol. The van der Waals surface area contributed by atoms with Crippen LogP contribution in [0.1, 0.15) is 18.9 Å². The summed E-state index contributed by atoms with van der Waals surface area (Å²) in [7, 11) is -3.93. The summed E-state index contributed by atoms with van der Waals surface area (Å²) in [6.45, 7) is 2.60. The van der Waals surface area contributed by atoms with E-state index < -0.39 is 10.0 Å². The maximum absolute atomic E-state index is 13.3. The molecule has 6 nitrogen and oxygen atoms in total. The van der Waals surface area contributed by atoms with Gasteiger partial charge in [-0.15, -0.1) is 0 Å². The van der Waals surface area contributed by atoms with E-state index in [1.54, 1.807) is 42.5 Å². The topological polar surface area (TPSA) is 75.7 Å². The second kappa shape index (κ2) is 11.7. The van der Waals surface area contributed by atoms with Gasteiger partial charge in [-0.2, -0.15) is 0 Å². The van der Waals surface area contributed by atoms with E-state index in [4.69, 9.17) is 16.3 Å². The molecule has 0 aliphatic carbocycles. The van der Waals surface area contributed by atoms with E-state index >= 15 is 0 Å². The molecular formula is C25H27ClN2O4S. The number of amides is 1. The zero-order chi connectivity index (χ0) is 23.7. The summed E-state index contributed by atoms with van der Waals surface area (Å²) in [4.78, 5) is 12.8. The zero-order valence-electron chi connectivity index (χ0n) is 18.4. The lowest BCUT2D eigenvalue weighted by atomic mass is 10.1. The maximum atomic E-state index is 13.3. The van der Waals surface area contributed by atoms with E-state index in [0.717, 1.165) is 22.0 Å². The minimum Gasteiger partial charge on any atom is -0.494 e. The van der Waals surface area contributed by atoms with Crippen LogP contribution in [0.15, 0.2) is 83.8 Å². The molecule has 3 aromatic carbocycles. The molecule has 0 atom stereocenters. The van der Waals surface area contributed by atoms with E-state index in [1.807, 2.05) is 31.2 Å². The van der Waals surface area contributed by atoms with Gasteiger partial charge in [0.05, 0.1) is 17.2 Å². The molecule has 0 spiro atoms. The molecule has 0 fully saturated rings. The Morgan fingerprint density at radius 2 is 1.64 bits per heavy atom. The van der Waals surface area contributed by atoms with Crippen molar-refractivity contribution in [3.05, 3.63) is 89.4 Å². The van der Waals surface area contributed by atoms with E-state index in [1.165, 1.54) is 12.1 Å². The molecule has 0 bridgehead atoms. The number of sulfonamides is 1. The summed E-state index contributed by atoms with van der Waals surface area (Å²) < 4.78 is 33.3. The number of para-hydroxylation sites is 1. The molecule has 174 valence electrons. The van der Waals surface area contributed by atoms with Crippen LogP contribution < -0.4 is 14.4 Å². The number of rotatable bonds is 11. The molecule has 0 aliphatic heterocycles. The number of halogens is 1. The van der Waals surface area contributed by atoms with Crippen molar-refractivity contribution >= 4 is 33.2 Å². The van der Waals surface area contributed by atoms with Gasteiger partial charge in [0.1, 0.15) is 12.3 Å². The highest BCUT2D eigenvalue weighted by atomic mass is 35.5. The van der Waals surface area contributed by atoms with Gasteiger partial charge in [0.2, 0.25) is 5.91 Å². The van der Waals surface area contributed by atoms with Crippen LogP contribution >= 0.6 is 11.6 Å². The molecule has 8 heteroatoms. The lowest BCUT2D eigenvalue weighted by Gasteiger charge is -2.24. The van der Waals surface area contributed by atoms with Crippen LogP contribution in [0.3, 0.4) is 0 Å². The number of ether oxygens (including phenoxy) is 1. The highest BCUT2D eigenvalue weighted by Crippen LogP contribution is 2.25. The van der Waals surface area contributed by atoms with Crippen LogP contribution in [0, 0.1) is 0 Å². The third kappa shape index (κ3) is 6.73. The summed E-state index contributed by atoms with van der Waals surface area (Å²) in [5, 5.41) is 3.31. The highest BCUT2D eigenvalue weighted by molar-refractivity contribution is 7.92. The molecule has 0 aromatic heterocycles. The zero-order valence-corrected chi connectivity index (χ0v) is 20.0. The Hall–Kier alpha value is -3.03. The third-order valence-corrected chi connectivity index (χ3v) is 6.99. The molecule has 3 rings (SSSR count). The number of hydrogen-bond acceptors (Lipinski definition) is 4. The average molecular weight is 487 g/mol. The van der Waals surface area contributed by atoms with Crippen molar-refractivity contribution in [1.29, 1.82) is 0 Å². The molecule has 0 saturated carbocycles. The lowest BCUT2D eigenvalue weighted by molar-refractivity contribution is -0.119. The van der Waals surface area contributed by atoms with Crippen molar-refractivity contribution in [1.82, 2.24) is 5.32 Å². The van der Waals surface area contributed by atoms with Crippen molar-refractivity contribution in [2.75, 3.05) is 24.0 Å². The summed E-state index contributed by atoms with van der Waals surface area (Å²) in [6.07, 6.45) is 1.43. The van der Waals surface area contributed by atoms with Crippen LogP contribution in [0.4, 0.5) is 5.69 Å². The fraction of sp³-hybridized carbons (Fsp3) is 0.240. The van der Waals surface area contributed by atoms with Crippen LogP contribution in [-0.4, -0.2) is 34.0 Å². The van der Waals surface area contributed by atoms with Gasteiger partial charge >= 0.3 is 0 Å². The van der Waals surface area contributed by atoms with E-state index in [0.29, 0.717) is 30.3 Å². The number of benzene rings is 3. The minimum absolute atomic E-state index is 0.111. The molecule has 0 heterocycles. The van der Waals surface area contributed by atoms with E-state index in [-0.39, 0.29) is 17.3 Å². The fourth-order valence-electron chi connectivity index (χ4n) is 3.34. The standard InChI is InChI=1S/C25H27ClN2O4S/c1-2-32-24-13-7-6-9-20(24)10-8-18-27-25(29)19-28(22-16-14-21(26)15-17-22)33(30,31)23-11-4-3-5-12-23/h3-7,9,11-17H,2,8,10,18-19H2,1H3,(H,27,29). The Balaban J connectivity index is 1.66. The number of hydrogen-bond donors (Lipinski definition) is 1. The quantitative estimate of drug-likeness (QED) is 0.399. The van der Waals surface area contributed by atoms with Crippen molar-refractivity contribution in [2.45, 2.75) is 24.7 Å². The summed E-state index contributed by atoms with van der Waals surface area (Å²) in [5.41, 5.74) is 1.44. The Morgan fingerprint density at radius 1 is 0.970 bits per heavy atom. The second-order valence-electron chi connectivity index (χ2n) is 7.30. The van der Waals surface area contributed by atoms with Gasteiger partial charge < -0.3 is 10.1 Å². The number of carbonyl (C=O) groups excluding carboxylic acids is 1. The minimum atomic E-state index is -3.93. The van der Waals surface area contributed by atoms with Crippen LogP contribution in [-0.2, 0) is 21.2 Å². The molecule has 0 aliphatic rings. The van der Waals surface area contributed by atoms with E-state index in [2.05, 4.69) is 5.32 Å². The summed E-state index contributed by atoms with van der Waals surface area (Å²) >= 11 is 5.96. The number of nitrogens with zero attached hydrogens (tertiary/aromatic N) is 1. The molecule has 1 amide bonds. The Labute approximate surface area is 200 Å². The van der Waals surface area contributed by atoms with Gasteiger partial charge in [-0.05, 0) is 67.8 Å². The summed E-state index contributed by atoms with van der Waals surface area (Å²) in [5.74, 6) is 0.455. The SMILES string of the molecule is CCOc1ccccc1CCCNC(=O)CN(c1ccc(Cl)cc1)S(=O)(=O)c1ccccc1. The van der Waals surface area contributed by atoms with E-state index in [9.17, 15) is 13.2 Å². The smallest absolute Gasteiger partial charge is 0.264 e. The number of anilines is 1. The van der Waals surface area contributed by atoms with Gasteiger partial charge in [-0.3, -0.25) is 9.10 Å². The Kier molecular flexibility index (Phi) is 8.74. The monoisotopic (exact) mass is 486 g/mol. The van der Waals surface area contributed by atoms with Gasteiger partial charge in [-0.1, -0.05) is 48.0 Å². The molecular weight excluding hydrogens is 460 g/mol. The molecule has 0 radical (unpaired) electrons. The first kappa shape index (κ1) is 24.6. The highest BCUT2D eigenvalue weighted by Gasteiger charge is 2.27. The van der Waals surface area contributed by atoms with Gasteiger partial charge in [0.15, 0.2) is 0 Å². The first-order chi connectivity index (χ1) is 15.9. The molecule has 1 N–H and O–H groups in total. The summed E-state index contributed by atoms with van der Waals surface area (Å²) in [6, 6.07) is 22.2. The van der Waals surface area contributed by atoms with Crippen molar-refractivity contribution in [3.8, 4) is 5.75 Å². The number of carbonyl (C=O) groups is 1.